The summed E-state index contributed by atoms with van der Waals surface area (Å²) in [6, 6.07) is 4.44. The van der Waals surface area contributed by atoms with Gasteiger partial charge in [0.05, 0.1) is 6.54 Å². The predicted octanol–water partition coefficient (Wildman–Crippen LogP) is 2.62. The van der Waals surface area contributed by atoms with Gasteiger partial charge in [-0.15, -0.1) is 11.3 Å². The zero-order valence-corrected chi connectivity index (χ0v) is 12.1. The van der Waals surface area contributed by atoms with E-state index in [0.29, 0.717) is 6.54 Å². The summed E-state index contributed by atoms with van der Waals surface area (Å²) < 4.78 is 0. The van der Waals surface area contributed by atoms with Crippen molar-refractivity contribution in [2.75, 3.05) is 6.54 Å². The molecule has 2 N–H and O–H groups in total. The average molecular weight is 254 g/mol. The number of carbonyl (C=O) groups excluding carboxylic acids is 1. The van der Waals surface area contributed by atoms with Crippen LogP contribution in [0.5, 0.6) is 0 Å². The predicted molar refractivity (Wildman–Crippen MR) is 73.4 cm³/mol. The normalized spacial score (nSPS) is 13.5. The highest BCUT2D eigenvalue weighted by Gasteiger charge is 2.14. The second-order valence-electron chi connectivity index (χ2n) is 5.35. The van der Waals surface area contributed by atoms with E-state index in [4.69, 9.17) is 0 Å². The molecule has 1 atom stereocenters. The van der Waals surface area contributed by atoms with Crippen molar-refractivity contribution in [3.05, 3.63) is 21.9 Å². The van der Waals surface area contributed by atoms with E-state index in [-0.39, 0.29) is 17.5 Å². The minimum absolute atomic E-state index is 0.0395. The maximum atomic E-state index is 11.6. The Hall–Kier alpha value is -0.870. The summed E-state index contributed by atoms with van der Waals surface area (Å²) in [6.07, 6.45) is 0. The molecule has 0 aromatic carbocycles. The Labute approximate surface area is 108 Å². The van der Waals surface area contributed by atoms with Gasteiger partial charge < -0.3 is 10.6 Å². The Balaban J connectivity index is 2.38. The Morgan fingerprint density at radius 2 is 2.06 bits per heavy atom. The first-order valence-corrected chi connectivity index (χ1v) is 6.70. The van der Waals surface area contributed by atoms with Crippen molar-refractivity contribution in [3.8, 4) is 0 Å². The molecular formula is C13H22N2OS. The molecule has 1 aromatic rings. The van der Waals surface area contributed by atoms with E-state index in [2.05, 4.69) is 36.6 Å². The molecule has 0 saturated carbocycles. The van der Waals surface area contributed by atoms with Crippen molar-refractivity contribution in [2.24, 2.45) is 0 Å². The molecule has 0 radical (unpaired) electrons. The van der Waals surface area contributed by atoms with Crippen molar-refractivity contribution in [2.45, 2.75) is 46.2 Å². The number of aryl methyl sites for hydroxylation is 1. The van der Waals surface area contributed by atoms with E-state index in [1.165, 1.54) is 9.75 Å². The Morgan fingerprint density at radius 3 is 2.53 bits per heavy atom. The average Bonchev–Trinajstić information content (AvgIpc) is 2.58. The number of hydrogen-bond donors (Lipinski definition) is 2. The molecule has 0 fully saturated rings. The van der Waals surface area contributed by atoms with Gasteiger partial charge in [-0.1, -0.05) is 0 Å². The molecule has 1 amide bonds. The molecule has 0 saturated heterocycles. The van der Waals surface area contributed by atoms with Gasteiger partial charge in [0.2, 0.25) is 5.91 Å². The lowest BCUT2D eigenvalue weighted by atomic mass is 10.1. The largest absolute Gasteiger partial charge is 0.350 e. The zero-order valence-electron chi connectivity index (χ0n) is 11.3. The molecule has 0 aliphatic heterocycles. The molecule has 17 heavy (non-hydrogen) atoms. The highest BCUT2D eigenvalue weighted by Crippen LogP contribution is 2.21. The lowest BCUT2D eigenvalue weighted by molar-refractivity contribution is -0.121. The van der Waals surface area contributed by atoms with Crippen molar-refractivity contribution < 1.29 is 4.79 Å². The Morgan fingerprint density at radius 1 is 1.41 bits per heavy atom. The van der Waals surface area contributed by atoms with Gasteiger partial charge in [-0.05, 0) is 46.8 Å². The lowest BCUT2D eigenvalue weighted by Crippen LogP contribution is -2.45. The first-order chi connectivity index (χ1) is 7.78. The molecule has 0 bridgehead atoms. The summed E-state index contributed by atoms with van der Waals surface area (Å²) in [4.78, 5) is 14.2. The zero-order chi connectivity index (χ0) is 13.1. The topological polar surface area (TPSA) is 41.1 Å². The summed E-state index contributed by atoms with van der Waals surface area (Å²) >= 11 is 1.77. The second kappa shape index (κ2) is 5.65. The summed E-state index contributed by atoms with van der Waals surface area (Å²) in [5, 5.41) is 6.17. The molecule has 96 valence electrons. The van der Waals surface area contributed by atoms with Crippen LogP contribution in [0.25, 0.3) is 0 Å². The van der Waals surface area contributed by atoms with Gasteiger partial charge in [0.15, 0.2) is 0 Å². The van der Waals surface area contributed by atoms with Crippen LogP contribution < -0.4 is 10.6 Å². The fourth-order valence-corrected chi connectivity index (χ4v) is 2.40. The maximum Gasteiger partial charge on any atom is 0.234 e. The summed E-state index contributed by atoms with van der Waals surface area (Å²) in [6.45, 7) is 10.5. The highest BCUT2D eigenvalue weighted by molar-refractivity contribution is 7.12. The molecule has 4 heteroatoms. The first-order valence-electron chi connectivity index (χ1n) is 5.88. The minimum atomic E-state index is -0.165. The number of carbonyl (C=O) groups is 1. The molecule has 1 aromatic heterocycles. The fraction of sp³-hybridized carbons (Fsp3) is 0.615. The van der Waals surface area contributed by atoms with Crippen molar-refractivity contribution in [3.63, 3.8) is 0 Å². The molecular weight excluding hydrogens is 232 g/mol. The molecule has 0 aliphatic carbocycles. The van der Waals surface area contributed by atoms with Crippen LogP contribution in [0.15, 0.2) is 12.1 Å². The van der Waals surface area contributed by atoms with E-state index >= 15 is 0 Å². The van der Waals surface area contributed by atoms with Crippen LogP contribution in [0, 0.1) is 6.92 Å². The number of hydrogen-bond acceptors (Lipinski definition) is 3. The van der Waals surface area contributed by atoms with Crippen LogP contribution in [-0.2, 0) is 4.79 Å². The fourth-order valence-electron chi connectivity index (χ4n) is 1.49. The highest BCUT2D eigenvalue weighted by atomic mass is 32.1. The smallest absolute Gasteiger partial charge is 0.234 e. The van der Waals surface area contributed by atoms with Crippen LogP contribution in [0.4, 0.5) is 0 Å². The third-order valence-corrected chi connectivity index (χ3v) is 3.45. The van der Waals surface area contributed by atoms with Gasteiger partial charge in [-0.3, -0.25) is 4.79 Å². The molecule has 0 aliphatic rings. The number of thiophene rings is 1. The van der Waals surface area contributed by atoms with Crippen molar-refractivity contribution in [1.29, 1.82) is 0 Å². The third-order valence-electron chi connectivity index (χ3n) is 2.27. The molecule has 3 nitrogen and oxygen atoms in total. The van der Waals surface area contributed by atoms with E-state index in [9.17, 15) is 4.79 Å². The Bertz CT molecular complexity index is 379. The van der Waals surface area contributed by atoms with Gasteiger partial charge in [0.25, 0.3) is 0 Å². The van der Waals surface area contributed by atoms with Gasteiger partial charge >= 0.3 is 0 Å². The van der Waals surface area contributed by atoms with Crippen LogP contribution >= 0.6 is 11.3 Å². The molecule has 0 spiro atoms. The summed E-state index contributed by atoms with van der Waals surface area (Å²) in [5.74, 6) is 0.0395. The number of rotatable bonds is 4. The summed E-state index contributed by atoms with van der Waals surface area (Å²) in [7, 11) is 0. The second-order valence-corrected chi connectivity index (χ2v) is 6.67. The SMILES string of the molecule is Cc1ccc(C(C)NCC(=O)NC(C)(C)C)s1. The van der Waals surface area contributed by atoms with E-state index in [1.807, 2.05) is 20.8 Å². The lowest BCUT2D eigenvalue weighted by Gasteiger charge is -2.21. The van der Waals surface area contributed by atoms with Crippen molar-refractivity contribution in [1.82, 2.24) is 10.6 Å². The first kappa shape index (κ1) is 14.2. The van der Waals surface area contributed by atoms with Gasteiger partial charge in [-0.2, -0.15) is 0 Å². The van der Waals surface area contributed by atoms with Gasteiger partial charge in [-0.25, -0.2) is 0 Å². The van der Waals surface area contributed by atoms with Crippen LogP contribution in [0.1, 0.15) is 43.5 Å². The monoisotopic (exact) mass is 254 g/mol. The minimum Gasteiger partial charge on any atom is -0.350 e. The van der Waals surface area contributed by atoms with Gasteiger partial charge in [0, 0.05) is 21.3 Å². The van der Waals surface area contributed by atoms with Crippen LogP contribution in [0.2, 0.25) is 0 Å². The van der Waals surface area contributed by atoms with Crippen LogP contribution in [-0.4, -0.2) is 18.0 Å². The Kier molecular flexibility index (Phi) is 4.71. The molecule has 1 heterocycles. The van der Waals surface area contributed by atoms with E-state index < -0.39 is 0 Å². The molecule has 1 rings (SSSR count). The number of amides is 1. The van der Waals surface area contributed by atoms with E-state index in [0.717, 1.165) is 0 Å². The number of nitrogens with one attached hydrogen (secondary N) is 2. The summed E-state index contributed by atoms with van der Waals surface area (Å²) in [5.41, 5.74) is -0.165. The third kappa shape index (κ3) is 5.33. The standard InChI is InChI=1S/C13H22N2OS/c1-9-6-7-11(17-9)10(2)14-8-12(16)15-13(3,4)5/h6-7,10,14H,8H2,1-5H3,(H,15,16). The van der Waals surface area contributed by atoms with Crippen molar-refractivity contribution >= 4 is 17.2 Å². The van der Waals surface area contributed by atoms with E-state index in [1.54, 1.807) is 11.3 Å². The molecule has 1 unspecified atom stereocenters. The van der Waals surface area contributed by atoms with Gasteiger partial charge in [0.1, 0.15) is 0 Å². The maximum absolute atomic E-state index is 11.6. The quantitative estimate of drug-likeness (QED) is 0.867. The van der Waals surface area contributed by atoms with Crippen LogP contribution in [0.3, 0.4) is 0 Å².